The predicted molar refractivity (Wildman–Crippen MR) is 86.6 cm³/mol. The summed E-state index contributed by atoms with van der Waals surface area (Å²) in [6.45, 7) is 5.86. The van der Waals surface area contributed by atoms with Crippen molar-refractivity contribution in [3.8, 4) is 0 Å². The maximum atomic E-state index is 6.26. The molecule has 2 N–H and O–H groups in total. The molecule has 4 rings (SSSR count). The lowest BCUT2D eigenvalue weighted by Crippen LogP contribution is -2.30. The minimum Gasteiger partial charge on any atom is -0.360 e. The summed E-state index contributed by atoms with van der Waals surface area (Å²) in [6.07, 6.45) is 9.35. The van der Waals surface area contributed by atoms with Crippen molar-refractivity contribution in [2.75, 3.05) is 6.54 Å². The Morgan fingerprint density at radius 2 is 2.10 bits per heavy atom. The molecule has 2 aromatic rings. The highest BCUT2D eigenvalue weighted by Crippen LogP contribution is 2.66. The molecular formula is C17H22ClN3. The van der Waals surface area contributed by atoms with E-state index < -0.39 is 0 Å². The van der Waals surface area contributed by atoms with Gasteiger partial charge in [0.2, 0.25) is 0 Å². The number of H-pyrrole nitrogens is 1. The van der Waals surface area contributed by atoms with Gasteiger partial charge in [0.1, 0.15) is 0 Å². The number of pyridine rings is 1. The van der Waals surface area contributed by atoms with Crippen LogP contribution in [0.3, 0.4) is 0 Å². The number of hydrogen-bond donors (Lipinski definition) is 2. The smallest absolute Gasteiger partial charge is 0.0685 e. The Labute approximate surface area is 130 Å². The van der Waals surface area contributed by atoms with Crippen LogP contribution in [0.2, 0.25) is 5.02 Å². The third-order valence-corrected chi connectivity index (χ3v) is 6.10. The second-order valence-electron chi connectivity index (χ2n) is 7.26. The summed E-state index contributed by atoms with van der Waals surface area (Å²) in [5, 5.41) is 5.60. The molecule has 2 aromatic heterocycles. The standard InChI is InChI=1S/C17H22ClN3/c1-17(2)12-5-11(6-13(12)17)20-4-3-10-7-21-15-9-19-8-14(18)16(10)15/h7-9,11-13,20-21H,3-6H2,1-2H3. The van der Waals surface area contributed by atoms with Gasteiger partial charge < -0.3 is 10.3 Å². The molecule has 2 heterocycles. The predicted octanol–water partition coefficient (Wildman–Crippen LogP) is 3.78. The largest absolute Gasteiger partial charge is 0.360 e. The van der Waals surface area contributed by atoms with Crippen molar-refractivity contribution in [3.63, 3.8) is 0 Å². The van der Waals surface area contributed by atoms with Crippen molar-refractivity contribution in [1.82, 2.24) is 15.3 Å². The highest BCUT2D eigenvalue weighted by atomic mass is 35.5. The number of nitrogens with one attached hydrogen (secondary N) is 2. The van der Waals surface area contributed by atoms with Crippen LogP contribution in [0.1, 0.15) is 32.3 Å². The second kappa shape index (κ2) is 4.72. The number of halogens is 1. The van der Waals surface area contributed by atoms with Gasteiger partial charge >= 0.3 is 0 Å². The molecule has 2 fully saturated rings. The van der Waals surface area contributed by atoms with Crippen LogP contribution in [0.15, 0.2) is 18.6 Å². The fraction of sp³-hybridized carbons (Fsp3) is 0.588. The number of nitrogens with zero attached hydrogens (tertiary/aromatic N) is 1. The fourth-order valence-electron chi connectivity index (χ4n) is 4.39. The van der Waals surface area contributed by atoms with Crippen molar-refractivity contribution in [2.24, 2.45) is 17.3 Å². The Morgan fingerprint density at radius 1 is 1.33 bits per heavy atom. The Hall–Kier alpha value is -1.06. The highest BCUT2D eigenvalue weighted by Gasteiger charge is 2.61. The molecule has 21 heavy (non-hydrogen) atoms. The summed E-state index contributed by atoms with van der Waals surface area (Å²) in [5.41, 5.74) is 2.94. The van der Waals surface area contributed by atoms with E-state index in [4.69, 9.17) is 11.6 Å². The maximum Gasteiger partial charge on any atom is 0.0685 e. The first-order chi connectivity index (χ1) is 10.1. The number of rotatable bonds is 4. The molecule has 2 saturated carbocycles. The van der Waals surface area contributed by atoms with Crippen molar-refractivity contribution in [3.05, 3.63) is 29.2 Å². The molecular weight excluding hydrogens is 282 g/mol. The van der Waals surface area contributed by atoms with Crippen molar-refractivity contribution < 1.29 is 0 Å². The second-order valence-corrected chi connectivity index (χ2v) is 7.67. The molecule has 2 aliphatic carbocycles. The van der Waals surface area contributed by atoms with Gasteiger partial charge in [0.05, 0.1) is 16.7 Å². The molecule has 0 aromatic carbocycles. The average molecular weight is 304 g/mol. The van der Waals surface area contributed by atoms with E-state index in [2.05, 4.69) is 35.3 Å². The number of hydrogen-bond acceptors (Lipinski definition) is 2. The zero-order valence-corrected chi connectivity index (χ0v) is 13.4. The quantitative estimate of drug-likeness (QED) is 0.902. The average Bonchev–Trinajstić information content (AvgIpc) is 2.87. The lowest BCUT2D eigenvalue weighted by atomic mass is 9.98. The fourth-order valence-corrected chi connectivity index (χ4v) is 4.66. The Balaban J connectivity index is 1.35. The lowest BCUT2D eigenvalue weighted by Gasteiger charge is -2.18. The van der Waals surface area contributed by atoms with Gasteiger partial charge in [0, 0.05) is 23.8 Å². The molecule has 0 radical (unpaired) electrons. The van der Waals surface area contributed by atoms with Crippen LogP contribution >= 0.6 is 11.6 Å². The first-order valence-electron chi connectivity index (χ1n) is 7.90. The Bertz CT molecular complexity index is 662. The molecule has 2 unspecified atom stereocenters. The van der Waals surface area contributed by atoms with Crippen molar-refractivity contribution in [2.45, 2.75) is 39.2 Å². The van der Waals surface area contributed by atoms with E-state index in [0.717, 1.165) is 46.8 Å². The van der Waals surface area contributed by atoms with Crippen LogP contribution in [-0.4, -0.2) is 22.6 Å². The molecule has 0 amide bonds. The third-order valence-electron chi connectivity index (χ3n) is 5.81. The molecule has 0 bridgehead atoms. The van der Waals surface area contributed by atoms with Crippen LogP contribution in [-0.2, 0) is 6.42 Å². The van der Waals surface area contributed by atoms with E-state index in [9.17, 15) is 0 Å². The number of fused-ring (bicyclic) bond motifs is 2. The van der Waals surface area contributed by atoms with E-state index in [1.54, 1.807) is 6.20 Å². The van der Waals surface area contributed by atoms with Crippen LogP contribution < -0.4 is 5.32 Å². The molecule has 2 atom stereocenters. The van der Waals surface area contributed by atoms with Crippen LogP contribution in [0.4, 0.5) is 0 Å². The Kier molecular flexibility index (Phi) is 3.05. The van der Waals surface area contributed by atoms with E-state index in [1.165, 1.54) is 18.4 Å². The maximum absolute atomic E-state index is 6.26. The molecule has 112 valence electrons. The molecule has 0 aliphatic heterocycles. The van der Waals surface area contributed by atoms with Crippen LogP contribution in [0.25, 0.3) is 10.9 Å². The first-order valence-corrected chi connectivity index (χ1v) is 8.28. The highest BCUT2D eigenvalue weighted by molar-refractivity contribution is 6.35. The van der Waals surface area contributed by atoms with Gasteiger partial charge in [-0.2, -0.15) is 0 Å². The van der Waals surface area contributed by atoms with E-state index in [-0.39, 0.29) is 0 Å². The monoisotopic (exact) mass is 303 g/mol. The summed E-state index contributed by atoms with van der Waals surface area (Å²) in [5.74, 6) is 1.92. The van der Waals surface area contributed by atoms with Gasteiger partial charge in [-0.3, -0.25) is 4.98 Å². The van der Waals surface area contributed by atoms with E-state index in [1.807, 2.05) is 6.20 Å². The van der Waals surface area contributed by atoms with Gasteiger partial charge in [-0.05, 0) is 48.6 Å². The molecule has 4 heteroatoms. The zero-order valence-electron chi connectivity index (χ0n) is 12.6. The molecule has 3 nitrogen and oxygen atoms in total. The van der Waals surface area contributed by atoms with Crippen molar-refractivity contribution >= 4 is 22.5 Å². The van der Waals surface area contributed by atoms with Gasteiger partial charge in [0.15, 0.2) is 0 Å². The molecule has 0 spiro atoms. The van der Waals surface area contributed by atoms with Crippen LogP contribution in [0, 0.1) is 17.3 Å². The summed E-state index contributed by atoms with van der Waals surface area (Å²) >= 11 is 6.26. The van der Waals surface area contributed by atoms with Gasteiger partial charge in [-0.25, -0.2) is 0 Å². The van der Waals surface area contributed by atoms with Gasteiger partial charge in [-0.1, -0.05) is 25.4 Å². The zero-order chi connectivity index (χ0) is 14.6. The minimum absolute atomic E-state index is 0.621. The minimum atomic E-state index is 0.621. The number of aromatic amines is 1. The van der Waals surface area contributed by atoms with E-state index >= 15 is 0 Å². The first kappa shape index (κ1) is 13.6. The molecule has 0 saturated heterocycles. The third kappa shape index (κ3) is 2.18. The summed E-state index contributed by atoms with van der Waals surface area (Å²) in [4.78, 5) is 7.37. The lowest BCUT2D eigenvalue weighted by molar-refractivity contribution is 0.387. The van der Waals surface area contributed by atoms with Gasteiger partial charge in [0.25, 0.3) is 0 Å². The van der Waals surface area contributed by atoms with Gasteiger partial charge in [-0.15, -0.1) is 0 Å². The summed E-state index contributed by atoms with van der Waals surface area (Å²) < 4.78 is 0. The van der Waals surface area contributed by atoms with E-state index in [0.29, 0.717) is 5.41 Å². The molecule has 2 aliphatic rings. The Morgan fingerprint density at radius 3 is 2.86 bits per heavy atom. The topological polar surface area (TPSA) is 40.7 Å². The SMILES string of the molecule is CC1(C)C2CC(NCCc3c[nH]c4cncc(Cl)c34)CC21. The summed E-state index contributed by atoms with van der Waals surface area (Å²) in [7, 11) is 0. The normalized spacial score (nSPS) is 29.8. The van der Waals surface area contributed by atoms with Crippen molar-refractivity contribution in [1.29, 1.82) is 0 Å². The number of aromatic nitrogens is 2. The summed E-state index contributed by atoms with van der Waals surface area (Å²) in [6, 6.07) is 0.718. The van der Waals surface area contributed by atoms with Crippen LogP contribution in [0.5, 0.6) is 0 Å².